The Balaban J connectivity index is 1.83. The maximum absolute atomic E-state index is 13.5. The van der Waals surface area contributed by atoms with Gasteiger partial charge in [-0.2, -0.15) is 4.31 Å². The zero-order valence-corrected chi connectivity index (χ0v) is 19.9. The van der Waals surface area contributed by atoms with Crippen molar-refractivity contribution in [2.45, 2.75) is 44.4 Å². The van der Waals surface area contributed by atoms with Gasteiger partial charge in [0.25, 0.3) is 0 Å². The van der Waals surface area contributed by atoms with Gasteiger partial charge in [0.1, 0.15) is 10.6 Å². The second-order valence-electron chi connectivity index (χ2n) is 8.17. The molecule has 0 aliphatic carbocycles. The molecule has 0 unspecified atom stereocenters. The van der Waals surface area contributed by atoms with Crippen molar-refractivity contribution in [2.24, 2.45) is 5.92 Å². The molecule has 1 N–H and O–H groups in total. The normalized spacial score (nSPS) is 17.5. The summed E-state index contributed by atoms with van der Waals surface area (Å²) in [6.45, 7) is 6.36. The monoisotopic (exact) mass is 464 g/mol. The first-order valence-electron chi connectivity index (χ1n) is 10.4. The van der Waals surface area contributed by atoms with Crippen LogP contribution in [0.15, 0.2) is 41.3 Å². The largest absolute Gasteiger partial charge is 0.495 e. The summed E-state index contributed by atoms with van der Waals surface area (Å²) >= 11 is 6.15. The van der Waals surface area contributed by atoms with Crippen LogP contribution < -0.4 is 10.1 Å². The third-order valence-corrected chi connectivity index (χ3v) is 8.05. The minimum Gasteiger partial charge on any atom is -0.495 e. The minimum atomic E-state index is -3.81. The maximum atomic E-state index is 13.5. The predicted octanol–water partition coefficient (Wildman–Crippen LogP) is 4.82. The van der Waals surface area contributed by atoms with Gasteiger partial charge in [-0.1, -0.05) is 37.6 Å². The highest BCUT2D eigenvalue weighted by atomic mass is 35.5. The number of hydrogen-bond donors (Lipinski definition) is 1. The van der Waals surface area contributed by atoms with Crippen LogP contribution in [-0.2, 0) is 14.8 Å². The molecule has 3 rings (SSSR count). The number of carbonyl (C=O) groups is 1. The van der Waals surface area contributed by atoms with Crippen LogP contribution in [0.4, 0.5) is 5.69 Å². The van der Waals surface area contributed by atoms with Gasteiger partial charge in [-0.15, -0.1) is 0 Å². The Labute approximate surface area is 189 Å². The average Bonchev–Trinajstić information content (AvgIpc) is 2.76. The molecule has 0 spiro atoms. The molecule has 1 atom stereocenters. The standard InChI is InChI=1S/C23H29ClN2O4S/c1-15(2)17-10-11-21(30-4)22(13-17)31(28,29)26-12-6-7-18(14-26)23(27)25-20-9-5-8-19(24)16(20)3/h5,8-11,13,15,18H,6-7,12,14H2,1-4H3,(H,25,27)/t18-/m0/s1. The number of methoxy groups -OCH3 is 1. The quantitative estimate of drug-likeness (QED) is 0.664. The van der Waals surface area contributed by atoms with Crippen molar-refractivity contribution < 1.29 is 17.9 Å². The van der Waals surface area contributed by atoms with Crippen molar-refractivity contribution in [3.63, 3.8) is 0 Å². The van der Waals surface area contributed by atoms with E-state index in [4.69, 9.17) is 16.3 Å². The van der Waals surface area contributed by atoms with Gasteiger partial charge in [-0.05, 0) is 61.1 Å². The molecule has 1 heterocycles. The predicted molar refractivity (Wildman–Crippen MR) is 123 cm³/mol. The molecule has 1 aliphatic rings. The fraction of sp³-hybridized carbons (Fsp3) is 0.435. The van der Waals surface area contributed by atoms with Crippen LogP contribution in [0.25, 0.3) is 0 Å². The Bertz CT molecular complexity index is 1070. The Morgan fingerprint density at radius 1 is 1.26 bits per heavy atom. The Morgan fingerprint density at radius 2 is 2.00 bits per heavy atom. The van der Waals surface area contributed by atoms with E-state index in [0.717, 1.165) is 11.1 Å². The van der Waals surface area contributed by atoms with E-state index >= 15 is 0 Å². The molecule has 8 heteroatoms. The molecule has 1 aliphatic heterocycles. The fourth-order valence-electron chi connectivity index (χ4n) is 3.75. The van der Waals surface area contributed by atoms with Gasteiger partial charge in [-0.3, -0.25) is 4.79 Å². The number of benzene rings is 2. The highest BCUT2D eigenvalue weighted by molar-refractivity contribution is 7.89. The summed E-state index contributed by atoms with van der Waals surface area (Å²) in [6.07, 6.45) is 1.23. The third kappa shape index (κ3) is 5.05. The van der Waals surface area contributed by atoms with Gasteiger partial charge in [0, 0.05) is 23.8 Å². The Kier molecular flexibility index (Phi) is 7.29. The van der Waals surface area contributed by atoms with Crippen LogP contribution in [0.5, 0.6) is 5.75 Å². The van der Waals surface area contributed by atoms with Crippen LogP contribution in [-0.4, -0.2) is 38.8 Å². The van der Waals surface area contributed by atoms with Gasteiger partial charge in [-0.25, -0.2) is 8.42 Å². The molecule has 2 aromatic carbocycles. The number of anilines is 1. The highest BCUT2D eigenvalue weighted by Crippen LogP contribution is 2.33. The van der Waals surface area contributed by atoms with E-state index < -0.39 is 15.9 Å². The highest BCUT2D eigenvalue weighted by Gasteiger charge is 2.35. The second kappa shape index (κ2) is 9.59. The third-order valence-electron chi connectivity index (χ3n) is 5.75. The van der Waals surface area contributed by atoms with Crippen molar-refractivity contribution in [1.82, 2.24) is 4.31 Å². The SMILES string of the molecule is COc1ccc(C(C)C)cc1S(=O)(=O)N1CCC[C@H](C(=O)Nc2cccc(Cl)c2C)C1. The minimum absolute atomic E-state index is 0.128. The number of piperidine rings is 1. The molecule has 0 saturated carbocycles. The second-order valence-corrected chi connectivity index (χ2v) is 10.5. The maximum Gasteiger partial charge on any atom is 0.246 e. The summed E-state index contributed by atoms with van der Waals surface area (Å²) in [5, 5.41) is 3.48. The van der Waals surface area contributed by atoms with Crippen LogP contribution in [0.2, 0.25) is 5.02 Å². The number of rotatable bonds is 6. The average molecular weight is 465 g/mol. The van der Waals surface area contributed by atoms with E-state index in [-0.39, 0.29) is 23.3 Å². The Morgan fingerprint density at radius 3 is 2.68 bits per heavy atom. The Hall–Kier alpha value is -2.09. The van der Waals surface area contributed by atoms with E-state index in [9.17, 15) is 13.2 Å². The van der Waals surface area contributed by atoms with Crippen LogP contribution in [0.1, 0.15) is 43.7 Å². The number of halogens is 1. The van der Waals surface area contributed by atoms with Crippen LogP contribution in [0, 0.1) is 12.8 Å². The number of hydrogen-bond acceptors (Lipinski definition) is 4. The lowest BCUT2D eigenvalue weighted by Crippen LogP contribution is -2.43. The number of amides is 1. The summed E-state index contributed by atoms with van der Waals surface area (Å²) in [5.74, 6) is -0.152. The van der Waals surface area contributed by atoms with E-state index in [1.165, 1.54) is 11.4 Å². The van der Waals surface area contributed by atoms with Crippen LogP contribution >= 0.6 is 11.6 Å². The smallest absolute Gasteiger partial charge is 0.246 e. The van der Waals surface area contributed by atoms with E-state index in [1.807, 2.05) is 26.8 Å². The van der Waals surface area contributed by atoms with Crippen LogP contribution in [0.3, 0.4) is 0 Å². The van der Waals surface area contributed by atoms with Crippen molar-refractivity contribution in [3.8, 4) is 5.75 Å². The summed E-state index contributed by atoms with van der Waals surface area (Å²) in [6, 6.07) is 10.6. The van der Waals surface area contributed by atoms with E-state index in [0.29, 0.717) is 35.8 Å². The van der Waals surface area contributed by atoms with Gasteiger partial charge in [0.05, 0.1) is 13.0 Å². The van der Waals surface area contributed by atoms with E-state index in [2.05, 4.69) is 5.32 Å². The van der Waals surface area contributed by atoms with Gasteiger partial charge in [0.2, 0.25) is 15.9 Å². The van der Waals surface area contributed by atoms with Gasteiger partial charge in [0.15, 0.2) is 0 Å². The summed E-state index contributed by atoms with van der Waals surface area (Å²) in [7, 11) is -2.35. The van der Waals surface area contributed by atoms with Crippen molar-refractivity contribution in [3.05, 3.63) is 52.5 Å². The molecule has 1 saturated heterocycles. The molecular formula is C23H29ClN2O4S. The zero-order valence-electron chi connectivity index (χ0n) is 18.3. The molecule has 0 radical (unpaired) electrons. The topological polar surface area (TPSA) is 75.7 Å². The molecule has 2 aromatic rings. The zero-order chi connectivity index (χ0) is 22.8. The summed E-state index contributed by atoms with van der Waals surface area (Å²) in [4.78, 5) is 13.1. The van der Waals surface area contributed by atoms with Gasteiger partial charge < -0.3 is 10.1 Å². The fourth-order valence-corrected chi connectivity index (χ4v) is 5.63. The lowest BCUT2D eigenvalue weighted by Gasteiger charge is -2.31. The molecular weight excluding hydrogens is 436 g/mol. The van der Waals surface area contributed by atoms with Crippen molar-refractivity contribution >= 4 is 33.2 Å². The molecule has 1 amide bonds. The first-order chi connectivity index (χ1) is 14.6. The summed E-state index contributed by atoms with van der Waals surface area (Å²) < 4.78 is 33.7. The number of ether oxygens (including phenoxy) is 1. The van der Waals surface area contributed by atoms with E-state index in [1.54, 1.807) is 30.3 Å². The molecule has 31 heavy (non-hydrogen) atoms. The number of carbonyl (C=O) groups excluding carboxylic acids is 1. The molecule has 0 bridgehead atoms. The molecule has 168 valence electrons. The molecule has 1 fully saturated rings. The number of sulfonamides is 1. The first kappa shape index (κ1) is 23.6. The van der Waals surface area contributed by atoms with Crippen molar-refractivity contribution in [1.29, 1.82) is 0 Å². The molecule has 0 aromatic heterocycles. The number of nitrogens with zero attached hydrogens (tertiary/aromatic N) is 1. The lowest BCUT2D eigenvalue weighted by molar-refractivity contribution is -0.120. The first-order valence-corrected chi connectivity index (χ1v) is 12.2. The van der Waals surface area contributed by atoms with Crippen molar-refractivity contribution in [2.75, 3.05) is 25.5 Å². The lowest BCUT2D eigenvalue weighted by atomic mass is 9.98. The molecule has 6 nitrogen and oxygen atoms in total. The summed E-state index contributed by atoms with van der Waals surface area (Å²) in [5.41, 5.74) is 2.35. The number of nitrogens with one attached hydrogen (secondary N) is 1. The van der Waals surface area contributed by atoms with Gasteiger partial charge >= 0.3 is 0 Å².